The Kier molecular flexibility index (Phi) is 6.68. The predicted octanol–water partition coefficient (Wildman–Crippen LogP) is 5.78. The van der Waals surface area contributed by atoms with Crippen LogP contribution in [-0.4, -0.2) is 30.3 Å². The Labute approximate surface area is 195 Å². The summed E-state index contributed by atoms with van der Waals surface area (Å²) < 4.78 is 5.47. The highest BCUT2D eigenvalue weighted by Gasteiger charge is 2.29. The van der Waals surface area contributed by atoms with Crippen molar-refractivity contribution in [1.82, 2.24) is 5.32 Å². The van der Waals surface area contributed by atoms with Crippen LogP contribution in [0.3, 0.4) is 0 Å². The van der Waals surface area contributed by atoms with Crippen molar-refractivity contribution in [3.63, 3.8) is 0 Å². The van der Waals surface area contributed by atoms with Gasteiger partial charge in [0.2, 0.25) is 0 Å². The minimum absolute atomic E-state index is 0.0614. The van der Waals surface area contributed by atoms with Crippen LogP contribution >= 0.6 is 23.2 Å². The van der Waals surface area contributed by atoms with Crippen molar-refractivity contribution < 1.29 is 19.4 Å². The second kappa shape index (κ2) is 9.63. The SMILES string of the molecule is O=C(NC[C@H](Cc1cc(Cl)ccc1Cl)C(=O)O)OCC1c2ccccc2-c2ccccc21. The average molecular weight is 470 g/mol. The lowest BCUT2D eigenvalue weighted by atomic mass is 9.98. The van der Waals surface area contributed by atoms with Gasteiger partial charge in [0.15, 0.2) is 0 Å². The van der Waals surface area contributed by atoms with Crippen molar-refractivity contribution >= 4 is 35.3 Å². The number of nitrogens with one attached hydrogen (secondary N) is 1. The number of hydrogen-bond donors (Lipinski definition) is 2. The summed E-state index contributed by atoms with van der Waals surface area (Å²) in [5.74, 6) is -1.97. The van der Waals surface area contributed by atoms with Crippen LogP contribution in [0.4, 0.5) is 4.79 Å². The first kappa shape index (κ1) is 22.2. The van der Waals surface area contributed by atoms with E-state index in [1.165, 1.54) is 0 Å². The van der Waals surface area contributed by atoms with Crippen LogP contribution in [0.2, 0.25) is 10.0 Å². The highest BCUT2D eigenvalue weighted by molar-refractivity contribution is 6.33. The molecule has 2 N–H and O–H groups in total. The van der Waals surface area contributed by atoms with Crippen molar-refractivity contribution in [2.45, 2.75) is 12.3 Å². The molecular formula is C25H21Cl2NO4. The van der Waals surface area contributed by atoms with Gasteiger partial charge in [0.25, 0.3) is 0 Å². The Hall–Kier alpha value is -3.02. The number of rotatable bonds is 7. The molecule has 1 aliphatic carbocycles. The zero-order valence-electron chi connectivity index (χ0n) is 17.1. The molecule has 0 aliphatic heterocycles. The van der Waals surface area contributed by atoms with Gasteiger partial charge < -0.3 is 15.2 Å². The van der Waals surface area contributed by atoms with Gasteiger partial charge >= 0.3 is 12.1 Å². The van der Waals surface area contributed by atoms with Crippen molar-refractivity contribution in [3.05, 3.63) is 93.5 Å². The first-order valence-corrected chi connectivity index (χ1v) is 10.9. The minimum Gasteiger partial charge on any atom is -0.481 e. The van der Waals surface area contributed by atoms with Gasteiger partial charge in [-0.3, -0.25) is 4.79 Å². The Morgan fingerprint density at radius 1 is 0.969 bits per heavy atom. The largest absolute Gasteiger partial charge is 0.481 e. The quantitative estimate of drug-likeness (QED) is 0.460. The number of halogens is 2. The highest BCUT2D eigenvalue weighted by atomic mass is 35.5. The predicted molar refractivity (Wildman–Crippen MR) is 124 cm³/mol. The topological polar surface area (TPSA) is 75.6 Å². The number of carboxylic acid groups (broad SMARTS) is 1. The molecule has 0 spiro atoms. The number of carbonyl (C=O) groups excluding carboxylic acids is 1. The second-order valence-corrected chi connectivity index (χ2v) is 8.53. The summed E-state index contributed by atoms with van der Waals surface area (Å²) in [7, 11) is 0. The zero-order chi connectivity index (χ0) is 22.7. The summed E-state index contributed by atoms with van der Waals surface area (Å²) in [5.41, 5.74) is 5.12. The summed E-state index contributed by atoms with van der Waals surface area (Å²) in [4.78, 5) is 24.0. The van der Waals surface area contributed by atoms with Gasteiger partial charge in [-0.05, 0) is 52.4 Å². The van der Waals surface area contributed by atoms with Crippen LogP contribution < -0.4 is 5.32 Å². The van der Waals surface area contributed by atoms with E-state index in [1.54, 1.807) is 18.2 Å². The zero-order valence-corrected chi connectivity index (χ0v) is 18.6. The standard InChI is InChI=1S/C25H21Cl2NO4/c26-17-9-10-23(27)15(12-17)11-16(24(29)30)13-28-25(31)32-14-22-20-7-3-1-5-18(20)19-6-2-4-8-21(19)22/h1-10,12,16,22H,11,13-14H2,(H,28,31)(H,29,30)/t16-/m0/s1. The second-order valence-electron chi connectivity index (χ2n) is 7.68. The molecule has 164 valence electrons. The van der Waals surface area contributed by atoms with Crippen LogP contribution in [0.1, 0.15) is 22.6 Å². The van der Waals surface area contributed by atoms with Crippen molar-refractivity contribution in [1.29, 1.82) is 0 Å². The molecule has 1 amide bonds. The molecule has 4 rings (SSSR count). The van der Waals surface area contributed by atoms with E-state index in [-0.39, 0.29) is 25.5 Å². The Morgan fingerprint density at radius 3 is 2.22 bits per heavy atom. The van der Waals surface area contributed by atoms with Gasteiger partial charge in [-0.2, -0.15) is 0 Å². The molecule has 7 heteroatoms. The molecule has 0 radical (unpaired) electrons. The number of alkyl carbamates (subject to hydrolysis) is 1. The third kappa shape index (κ3) is 4.74. The number of benzene rings is 3. The monoisotopic (exact) mass is 469 g/mol. The summed E-state index contributed by atoms with van der Waals surface area (Å²) in [6, 6.07) is 21.0. The lowest BCUT2D eigenvalue weighted by Crippen LogP contribution is -2.35. The molecule has 3 aromatic rings. The van der Waals surface area contributed by atoms with Crippen molar-refractivity contribution in [2.24, 2.45) is 5.92 Å². The third-order valence-corrected chi connectivity index (χ3v) is 6.26. The lowest BCUT2D eigenvalue weighted by Gasteiger charge is -2.17. The van der Waals surface area contributed by atoms with E-state index >= 15 is 0 Å². The molecule has 0 fully saturated rings. The van der Waals surface area contributed by atoms with E-state index in [4.69, 9.17) is 27.9 Å². The Balaban J connectivity index is 1.37. The maximum absolute atomic E-state index is 12.4. The number of aliphatic carboxylic acids is 1. The molecule has 0 saturated heterocycles. The van der Waals surface area contributed by atoms with E-state index in [2.05, 4.69) is 17.4 Å². The molecule has 3 aromatic carbocycles. The molecule has 0 saturated carbocycles. The van der Waals surface area contributed by atoms with E-state index in [9.17, 15) is 14.7 Å². The van der Waals surface area contributed by atoms with Crippen LogP contribution in [-0.2, 0) is 16.0 Å². The third-order valence-electron chi connectivity index (χ3n) is 5.66. The van der Waals surface area contributed by atoms with Gasteiger partial charge in [-0.15, -0.1) is 0 Å². The fourth-order valence-corrected chi connectivity index (χ4v) is 4.46. The van der Waals surface area contributed by atoms with Gasteiger partial charge in [0.1, 0.15) is 6.61 Å². The van der Waals surface area contributed by atoms with Gasteiger partial charge in [0, 0.05) is 22.5 Å². The summed E-state index contributed by atoms with van der Waals surface area (Å²) in [5, 5.41) is 13.0. The van der Waals surface area contributed by atoms with E-state index in [0.29, 0.717) is 15.6 Å². The Bertz CT molecular complexity index is 1120. The molecular weight excluding hydrogens is 449 g/mol. The highest BCUT2D eigenvalue weighted by Crippen LogP contribution is 2.44. The summed E-state index contributed by atoms with van der Waals surface area (Å²) in [6.45, 7) is 0.0760. The van der Waals surface area contributed by atoms with Crippen LogP contribution in [0.25, 0.3) is 11.1 Å². The maximum Gasteiger partial charge on any atom is 0.407 e. The summed E-state index contributed by atoms with van der Waals surface area (Å²) >= 11 is 12.1. The molecule has 0 bridgehead atoms. The summed E-state index contributed by atoms with van der Waals surface area (Å²) in [6.07, 6.45) is -0.520. The molecule has 0 heterocycles. The first-order chi connectivity index (χ1) is 15.4. The molecule has 0 aromatic heterocycles. The number of carbonyl (C=O) groups is 2. The van der Waals surface area contributed by atoms with E-state index in [0.717, 1.165) is 22.3 Å². The van der Waals surface area contributed by atoms with Crippen LogP contribution in [0.15, 0.2) is 66.7 Å². The smallest absolute Gasteiger partial charge is 0.407 e. The van der Waals surface area contributed by atoms with Gasteiger partial charge in [0.05, 0.1) is 5.92 Å². The van der Waals surface area contributed by atoms with Crippen molar-refractivity contribution in [3.8, 4) is 11.1 Å². The normalized spacial score (nSPS) is 13.2. The lowest BCUT2D eigenvalue weighted by molar-refractivity contribution is -0.141. The molecule has 32 heavy (non-hydrogen) atoms. The van der Waals surface area contributed by atoms with Crippen LogP contribution in [0.5, 0.6) is 0 Å². The maximum atomic E-state index is 12.4. The Morgan fingerprint density at radius 2 is 1.59 bits per heavy atom. The van der Waals surface area contributed by atoms with Gasteiger partial charge in [-0.1, -0.05) is 71.7 Å². The fraction of sp³-hybridized carbons (Fsp3) is 0.200. The first-order valence-electron chi connectivity index (χ1n) is 10.2. The van der Waals surface area contributed by atoms with E-state index < -0.39 is 18.0 Å². The number of carboxylic acids is 1. The fourth-order valence-electron chi connectivity index (χ4n) is 4.07. The van der Waals surface area contributed by atoms with Crippen LogP contribution in [0, 0.1) is 5.92 Å². The number of ether oxygens (including phenoxy) is 1. The molecule has 1 aliphatic rings. The number of fused-ring (bicyclic) bond motifs is 3. The number of hydrogen-bond acceptors (Lipinski definition) is 3. The molecule has 0 unspecified atom stereocenters. The molecule has 5 nitrogen and oxygen atoms in total. The van der Waals surface area contributed by atoms with E-state index in [1.807, 2.05) is 36.4 Å². The number of amides is 1. The minimum atomic E-state index is -1.04. The molecule has 1 atom stereocenters. The van der Waals surface area contributed by atoms with Crippen molar-refractivity contribution in [2.75, 3.05) is 13.2 Å². The van der Waals surface area contributed by atoms with Gasteiger partial charge in [-0.25, -0.2) is 4.79 Å². The average Bonchev–Trinajstić information content (AvgIpc) is 3.11.